The van der Waals surface area contributed by atoms with Crippen molar-refractivity contribution in [2.75, 3.05) is 0 Å². The van der Waals surface area contributed by atoms with Crippen LogP contribution in [0.25, 0.3) is 11.5 Å². The lowest BCUT2D eigenvalue weighted by Crippen LogP contribution is -2.06. The molecule has 0 unspecified atom stereocenters. The van der Waals surface area contributed by atoms with E-state index in [1.54, 1.807) is 25.1 Å². The molecular formula is C18H15N3O2S. The Balaban J connectivity index is 1.69. The normalized spacial score (nSPS) is 10.5. The molecule has 0 atom stereocenters. The predicted molar refractivity (Wildman–Crippen MR) is 90.7 cm³/mol. The van der Waals surface area contributed by atoms with Crippen LogP contribution in [-0.4, -0.2) is 15.8 Å². The lowest BCUT2D eigenvalue weighted by atomic mass is 10.1. The Morgan fingerprint density at radius 1 is 1.29 bits per heavy atom. The molecule has 0 aliphatic carbocycles. The Morgan fingerprint density at radius 2 is 2.12 bits per heavy atom. The van der Waals surface area contributed by atoms with Crippen LogP contribution in [0, 0.1) is 25.2 Å². The summed E-state index contributed by atoms with van der Waals surface area (Å²) in [5, 5.41) is 11.5. The van der Waals surface area contributed by atoms with Gasteiger partial charge in [0.1, 0.15) is 16.5 Å². The Labute approximate surface area is 143 Å². The molecule has 1 aromatic carbocycles. The van der Waals surface area contributed by atoms with Crippen LogP contribution in [0.3, 0.4) is 0 Å². The van der Waals surface area contributed by atoms with E-state index >= 15 is 0 Å². The van der Waals surface area contributed by atoms with Crippen LogP contribution in [0.1, 0.15) is 27.7 Å². The lowest BCUT2D eigenvalue weighted by Gasteiger charge is -2.00. The Morgan fingerprint density at radius 3 is 2.83 bits per heavy atom. The maximum atomic E-state index is 12.2. The van der Waals surface area contributed by atoms with Crippen LogP contribution >= 0.6 is 11.3 Å². The molecule has 3 aromatic rings. The topological polar surface area (TPSA) is 79.8 Å². The van der Waals surface area contributed by atoms with E-state index < -0.39 is 0 Å². The summed E-state index contributed by atoms with van der Waals surface area (Å²) in [6, 6.07) is 9.19. The predicted octanol–water partition coefficient (Wildman–Crippen LogP) is 3.64. The van der Waals surface area contributed by atoms with Crippen molar-refractivity contribution in [2.24, 2.45) is 0 Å². The molecule has 0 aliphatic heterocycles. The molecule has 2 heterocycles. The molecule has 3 rings (SSSR count). The van der Waals surface area contributed by atoms with Crippen molar-refractivity contribution in [1.29, 1.82) is 5.26 Å². The number of aryl methyl sites for hydroxylation is 2. The second-order valence-electron chi connectivity index (χ2n) is 5.48. The molecule has 120 valence electrons. The molecule has 6 heteroatoms. The third kappa shape index (κ3) is 3.58. The van der Waals surface area contributed by atoms with Gasteiger partial charge in [0.15, 0.2) is 11.7 Å². The monoisotopic (exact) mass is 337 g/mol. The molecule has 0 amide bonds. The maximum absolute atomic E-state index is 12.2. The van der Waals surface area contributed by atoms with Gasteiger partial charge in [-0.3, -0.25) is 4.79 Å². The summed E-state index contributed by atoms with van der Waals surface area (Å²) in [5.74, 6) is 1.33. The molecular weight excluding hydrogens is 322 g/mol. The maximum Gasteiger partial charge on any atom is 0.192 e. The van der Waals surface area contributed by atoms with E-state index in [0.717, 1.165) is 16.3 Å². The summed E-state index contributed by atoms with van der Waals surface area (Å²) in [5.41, 5.74) is 2.92. The zero-order valence-corrected chi connectivity index (χ0v) is 14.2. The van der Waals surface area contributed by atoms with Crippen molar-refractivity contribution >= 4 is 17.1 Å². The molecule has 24 heavy (non-hydrogen) atoms. The van der Waals surface area contributed by atoms with Gasteiger partial charge in [0.05, 0.1) is 23.7 Å². The van der Waals surface area contributed by atoms with Gasteiger partial charge in [0.2, 0.25) is 0 Å². The number of nitriles is 1. The quantitative estimate of drug-likeness (QED) is 0.710. The van der Waals surface area contributed by atoms with Gasteiger partial charge in [-0.2, -0.15) is 5.26 Å². The first-order chi connectivity index (χ1) is 11.5. The highest BCUT2D eigenvalue weighted by Gasteiger charge is 2.15. The number of carbonyl (C=O) groups excluding carboxylic acids is 1. The largest absolute Gasteiger partial charge is 0.439 e. The Kier molecular flexibility index (Phi) is 4.54. The van der Waals surface area contributed by atoms with Crippen LogP contribution in [-0.2, 0) is 17.6 Å². The molecule has 0 saturated heterocycles. The zero-order valence-electron chi connectivity index (χ0n) is 13.4. The average Bonchev–Trinajstić information content (AvgIpc) is 3.13. The minimum atomic E-state index is 0.0662. The molecule has 0 saturated carbocycles. The summed E-state index contributed by atoms with van der Waals surface area (Å²) >= 11 is 1.44. The fourth-order valence-corrected chi connectivity index (χ4v) is 3.28. The van der Waals surface area contributed by atoms with E-state index in [0.29, 0.717) is 29.3 Å². The van der Waals surface area contributed by atoms with Gasteiger partial charge in [-0.15, -0.1) is 11.3 Å². The van der Waals surface area contributed by atoms with Crippen molar-refractivity contribution in [3.05, 3.63) is 57.4 Å². The summed E-state index contributed by atoms with van der Waals surface area (Å²) in [7, 11) is 0. The first-order valence-corrected chi connectivity index (χ1v) is 8.32. The van der Waals surface area contributed by atoms with Gasteiger partial charge in [-0.25, -0.2) is 9.97 Å². The van der Waals surface area contributed by atoms with E-state index in [4.69, 9.17) is 9.68 Å². The highest BCUT2D eigenvalue weighted by atomic mass is 32.1. The minimum absolute atomic E-state index is 0.0662. The third-order valence-electron chi connectivity index (χ3n) is 3.49. The van der Waals surface area contributed by atoms with Gasteiger partial charge in [0.25, 0.3) is 0 Å². The Hall–Kier alpha value is -2.78. The fourth-order valence-electron chi connectivity index (χ4n) is 2.48. The van der Waals surface area contributed by atoms with Gasteiger partial charge in [0, 0.05) is 18.7 Å². The number of oxazole rings is 1. The van der Waals surface area contributed by atoms with Crippen molar-refractivity contribution in [2.45, 2.75) is 26.7 Å². The number of thiazole rings is 1. The zero-order chi connectivity index (χ0) is 17.1. The second kappa shape index (κ2) is 6.77. The number of Topliss-reactive ketones (excluding diaryl/α,β-unsaturated/α-hetero) is 1. The Bertz CT molecular complexity index is 934. The number of carbonyl (C=O) groups is 1. The van der Waals surface area contributed by atoms with Gasteiger partial charge >= 0.3 is 0 Å². The van der Waals surface area contributed by atoms with Crippen LogP contribution in [0.5, 0.6) is 0 Å². The van der Waals surface area contributed by atoms with Gasteiger partial charge in [-0.05, 0) is 24.6 Å². The molecule has 0 bridgehead atoms. The minimum Gasteiger partial charge on any atom is -0.439 e. The number of nitrogens with zero attached hydrogens (tertiary/aromatic N) is 3. The first-order valence-electron chi connectivity index (χ1n) is 7.44. The van der Waals surface area contributed by atoms with Crippen molar-refractivity contribution in [3.63, 3.8) is 0 Å². The van der Waals surface area contributed by atoms with Crippen LogP contribution < -0.4 is 0 Å². The van der Waals surface area contributed by atoms with Gasteiger partial charge in [-0.1, -0.05) is 12.1 Å². The number of rotatable bonds is 5. The SMILES string of the molecule is Cc1nc(C)c(-c2csc(CC(=O)Cc3cccc(C#N)c3)n2)o1. The number of aromatic nitrogens is 2. The van der Waals surface area contributed by atoms with Crippen LogP contribution in [0.2, 0.25) is 0 Å². The van der Waals surface area contributed by atoms with Crippen molar-refractivity contribution in [3.8, 4) is 17.5 Å². The van der Waals surface area contributed by atoms with E-state index in [1.165, 1.54) is 11.3 Å². The lowest BCUT2D eigenvalue weighted by molar-refractivity contribution is -0.117. The van der Waals surface area contributed by atoms with E-state index in [2.05, 4.69) is 16.0 Å². The smallest absolute Gasteiger partial charge is 0.192 e. The highest BCUT2D eigenvalue weighted by molar-refractivity contribution is 7.10. The first kappa shape index (κ1) is 16.1. The van der Waals surface area contributed by atoms with E-state index in [-0.39, 0.29) is 12.2 Å². The summed E-state index contributed by atoms with van der Waals surface area (Å²) < 4.78 is 5.56. The number of benzene rings is 1. The van der Waals surface area contributed by atoms with Gasteiger partial charge < -0.3 is 4.42 Å². The molecule has 0 aliphatic rings. The highest BCUT2D eigenvalue weighted by Crippen LogP contribution is 2.26. The van der Waals surface area contributed by atoms with E-state index in [1.807, 2.05) is 18.4 Å². The third-order valence-corrected chi connectivity index (χ3v) is 4.34. The molecule has 0 radical (unpaired) electrons. The fraction of sp³-hybridized carbons (Fsp3) is 0.222. The average molecular weight is 337 g/mol. The summed E-state index contributed by atoms with van der Waals surface area (Å²) in [4.78, 5) is 21.0. The number of hydrogen-bond donors (Lipinski definition) is 0. The van der Waals surface area contributed by atoms with Crippen molar-refractivity contribution < 1.29 is 9.21 Å². The van der Waals surface area contributed by atoms with Crippen LogP contribution in [0.4, 0.5) is 0 Å². The summed E-state index contributed by atoms with van der Waals surface area (Å²) in [6.45, 7) is 3.67. The molecule has 2 aromatic heterocycles. The molecule has 0 spiro atoms. The van der Waals surface area contributed by atoms with E-state index in [9.17, 15) is 4.79 Å². The number of ketones is 1. The second-order valence-corrected chi connectivity index (χ2v) is 6.42. The molecule has 0 fully saturated rings. The van der Waals surface area contributed by atoms with Crippen molar-refractivity contribution in [1.82, 2.24) is 9.97 Å². The van der Waals surface area contributed by atoms with Crippen LogP contribution in [0.15, 0.2) is 34.1 Å². The molecule has 5 nitrogen and oxygen atoms in total. The molecule has 0 N–H and O–H groups in total. The number of hydrogen-bond acceptors (Lipinski definition) is 6. The standard InChI is InChI=1S/C18H15N3O2S/c1-11-18(23-12(2)20-11)16-10-24-17(21-16)8-15(22)7-13-4-3-5-14(6-13)9-19/h3-6,10H,7-8H2,1-2H3. The summed E-state index contributed by atoms with van der Waals surface area (Å²) in [6.07, 6.45) is 0.568.